The molecule has 14 heavy (non-hydrogen) atoms. The van der Waals surface area contributed by atoms with E-state index in [1.807, 2.05) is 11.8 Å². The van der Waals surface area contributed by atoms with E-state index < -0.39 is 0 Å². The van der Waals surface area contributed by atoms with Crippen LogP contribution >= 0.6 is 0 Å². The molecule has 2 atom stereocenters. The molecule has 0 aromatic heterocycles. The lowest BCUT2D eigenvalue weighted by Gasteiger charge is -2.37. The van der Waals surface area contributed by atoms with E-state index in [1.165, 1.54) is 0 Å². The number of nitrogens with zero attached hydrogens (tertiary/aromatic N) is 1. The minimum Gasteiger partial charge on any atom is -0.373 e. The summed E-state index contributed by atoms with van der Waals surface area (Å²) < 4.78 is 5.60. The molecule has 2 fully saturated rings. The molecule has 2 saturated heterocycles. The van der Waals surface area contributed by atoms with Gasteiger partial charge in [-0.2, -0.15) is 0 Å². The Balaban J connectivity index is 1.99. The maximum absolute atomic E-state index is 11.8. The average molecular weight is 198 g/mol. The molecule has 0 spiro atoms. The van der Waals surface area contributed by atoms with Crippen molar-refractivity contribution < 1.29 is 9.53 Å². The van der Waals surface area contributed by atoms with Crippen molar-refractivity contribution >= 4 is 5.91 Å². The van der Waals surface area contributed by atoms with Gasteiger partial charge in [-0.05, 0) is 6.42 Å². The first-order valence-corrected chi connectivity index (χ1v) is 5.44. The Hall–Kier alpha value is -0.610. The molecule has 0 unspecified atom stereocenters. The fourth-order valence-electron chi connectivity index (χ4n) is 2.26. The second-order valence-electron chi connectivity index (χ2n) is 3.97. The van der Waals surface area contributed by atoms with Crippen LogP contribution in [0.25, 0.3) is 0 Å². The second-order valence-corrected chi connectivity index (χ2v) is 3.97. The van der Waals surface area contributed by atoms with Gasteiger partial charge in [0.25, 0.3) is 0 Å². The van der Waals surface area contributed by atoms with E-state index in [-0.39, 0.29) is 18.1 Å². The summed E-state index contributed by atoms with van der Waals surface area (Å²) in [5.74, 6) is 0.287. The van der Waals surface area contributed by atoms with Crippen molar-refractivity contribution in [3.8, 4) is 0 Å². The molecule has 1 amide bonds. The Kier molecular flexibility index (Phi) is 3.03. The number of carbonyl (C=O) groups excluding carboxylic acids is 1. The molecule has 4 heteroatoms. The van der Waals surface area contributed by atoms with Gasteiger partial charge in [0.2, 0.25) is 5.91 Å². The summed E-state index contributed by atoms with van der Waals surface area (Å²) >= 11 is 0. The maximum Gasteiger partial charge on any atom is 0.223 e. The molecule has 0 radical (unpaired) electrons. The van der Waals surface area contributed by atoms with Gasteiger partial charge in [-0.25, -0.2) is 0 Å². The van der Waals surface area contributed by atoms with Crippen LogP contribution in [0.5, 0.6) is 0 Å². The predicted octanol–water partition coefficient (Wildman–Crippen LogP) is -0.0143. The number of ether oxygens (including phenoxy) is 1. The number of morpholine rings is 1. The monoisotopic (exact) mass is 198 g/mol. The van der Waals surface area contributed by atoms with Crippen LogP contribution in [0.4, 0.5) is 0 Å². The summed E-state index contributed by atoms with van der Waals surface area (Å²) in [6.45, 7) is 5.28. The number of carbonyl (C=O) groups is 1. The number of rotatable bonds is 2. The van der Waals surface area contributed by atoms with E-state index in [1.54, 1.807) is 0 Å². The quantitative estimate of drug-likeness (QED) is 0.678. The summed E-state index contributed by atoms with van der Waals surface area (Å²) in [5, 5.41) is 3.27. The smallest absolute Gasteiger partial charge is 0.223 e. The largest absolute Gasteiger partial charge is 0.373 e. The van der Waals surface area contributed by atoms with E-state index in [9.17, 15) is 4.79 Å². The number of hydrogen-bond donors (Lipinski definition) is 1. The molecule has 2 aliphatic rings. The van der Waals surface area contributed by atoms with Crippen LogP contribution < -0.4 is 5.32 Å². The van der Waals surface area contributed by atoms with Gasteiger partial charge in [0, 0.05) is 26.1 Å². The lowest BCUT2D eigenvalue weighted by Crippen LogP contribution is -2.53. The number of hydrogen-bond acceptors (Lipinski definition) is 3. The average Bonchev–Trinajstić information content (AvgIpc) is 2.65. The Morgan fingerprint density at radius 2 is 2.43 bits per heavy atom. The van der Waals surface area contributed by atoms with Gasteiger partial charge in [-0.3, -0.25) is 4.79 Å². The molecule has 2 aliphatic heterocycles. The summed E-state index contributed by atoms with van der Waals surface area (Å²) in [7, 11) is 0. The highest BCUT2D eigenvalue weighted by Crippen LogP contribution is 2.18. The van der Waals surface area contributed by atoms with Crippen LogP contribution in [0.15, 0.2) is 0 Å². The van der Waals surface area contributed by atoms with Crippen LogP contribution in [0, 0.1) is 0 Å². The van der Waals surface area contributed by atoms with Crippen molar-refractivity contribution in [2.45, 2.75) is 31.9 Å². The Labute approximate surface area is 84.6 Å². The molecular formula is C10H18N2O2. The highest BCUT2D eigenvalue weighted by atomic mass is 16.5. The van der Waals surface area contributed by atoms with Crippen molar-refractivity contribution in [3.63, 3.8) is 0 Å². The number of amides is 1. The van der Waals surface area contributed by atoms with Crippen molar-refractivity contribution in [1.82, 2.24) is 10.2 Å². The Bertz CT molecular complexity index is 220. The fraction of sp³-hybridized carbons (Fsp3) is 0.900. The molecule has 80 valence electrons. The Morgan fingerprint density at radius 3 is 3.21 bits per heavy atom. The third-order valence-corrected chi connectivity index (χ3v) is 2.98. The highest BCUT2D eigenvalue weighted by Gasteiger charge is 2.37. The van der Waals surface area contributed by atoms with Crippen molar-refractivity contribution in [2.75, 3.05) is 26.2 Å². The predicted molar refractivity (Wildman–Crippen MR) is 53.0 cm³/mol. The van der Waals surface area contributed by atoms with Crippen LogP contribution in [0.2, 0.25) is 0 Å². The molecule has 0 bridgehead atoms. The van der Waals surface area contributed by atoms with Gasteiger partial charge in [-0.15, -0.1) is 0 Å². The van der Waals surface area contributed by atoms with Gasteiger partial charge >= 0.3 is 0 Å². The minimum atomic E-state index is 0.226. The fourth-order valence-corrected chi connectivity index (χ4v) is 2.26. The molecule has 2 heterocycles. The molecule has 0 aliphatic carbocycles. The normalized spacial score (nSPS) is 31.6. The summed E-state index contributed by atoms with van der Waals surface area (Å²) in [4.78, 5) is 13.8. The molecule has 0 aromatic rings. The van der Waals surface area contributed by atoms with Crippen LogP contribution in [-0.2, 0) is 9.53 Å². The van der Waals surface area contributed by atoms with Gasteiger partial charge in [0.05, 0.1) is 18.8 Å². The van der Waals surface area contributed by atoms with E-state index in [0.29, 0.717) is 13.0 Å². The molecule has 0 saturated carbocycles. The van der Waals surface area contributed by atoms with Crippen LogP contribution in [-0.4, -0.2) is 49.2 Å². The highest BCUT2D eigenvalue weighted by molar-refractivity contribution is 5.76. The zero-order valence-corrected chi connectivity index (χ0v) is 8.66. The van der Waals surface area contributed by atoms with Crippen molar-refractivity contribution in [1.29, 1.82) is 0 Å². The minimum absolute atomic E-state index is 0.226. The van der Waals surface area contributed by atoms with E-state index >= 15 is 0 Å². The first-order chi connectivity index (χ1) is 6.83. The van der Waals surface area contributed by atoms with Gasteiger partial charge in [0.15, 0.2) is 0 Å². The summed E-state index contributed by atoms with van der Waals surface area (Å²) in [6.07, 6.45) is 1.83. The van der Waals surface area contributed by atoms with Gasteiger partial charge in [0.1, 0.15) is 0 Å². The van der Waals surface area contributed by atoms with E-state index in [0.717, 1.165) is 26.1 Å². The SMILES string of the molecule is CCCC(=O)N1CCO[C@H]2CNC[C@H]21. The standard InChI is InChI=1S/C10H18N2O2/c1-2-3-10(13)12-4-5-14-9-7-11-6-8(9)12/h8-9,11H,2-7H2,1H3/t8-,9+/m1/s1. The molecule has 4 nitrogen and oxygen atoms in total. The first kappa shape index (κ1) is 9.93. The van der Waals surface area contributed by atoms with Crippen LogP contribution in [0.1, 0.15) is 19.8 Å². The topological polar surface area (TPSA) is 41.6 Å². The van der Waals surface area contributed by atoms with Gasteiger partial charge < -0.3 is 15.0 Å². The molecule has 0 aromatic carbocycles. The van der Waals surface area contributed by atoms with E-state index in [4.69, 9.17) is 4.74 Å². The Morgan fingerprint density at radius 1 is 1.57 bits per heavy atom. The molecule has 2 rings (SSSR count). The summed E-state index contributed by atoms with van der Waals surface area (Å²) in [5.41, 5.74) is 0. The zero-order valence-electron chi connectivity index (χ0n) is 8.66. The lowest BCUT2D eigenvalue weighted by molar-refractivity contribution is -0.142. The first-order valence-electron chi connectivity index (χ1n) is 5.44. The lowest BCUT2D eigenvalue weighted by atomic mass is 10.1. The number of nitrogens with one attached hydrogen (secondary N) is 1. The third kappa shape index (κ3) is 1.77. The van der Waals surface area contributed by atoms with Gasteiger partial charge in [-0.1, -0.05) is 6.92 Å². The molecule has 1 N–H and O–H groups in total. The zero-order chi connectivity index (χ0) is 9.97. The number of fused-ring (bicyclic) bond motifs is 1. The maximum atomic E-state index is 11.8. The second kappa shape index (κ2) is 4.28. The van der Waals surface area contributed by atoms with E-state index in [2.05, 4.69) is 5.32 Å². The van der Waals surface area contributed by atoms with Crippen LogP contribution in [0.3, 0.4) is 0 Å². The third-order valence-electron chi connectivity index (χ3n) is 2.98. The summed E-state index contributed by atoms with van der Waals surface area (Å²) in [6, 6.07) is 0.280. The van der Waals surface area contributed by atoms with Crippen molar-refractivity contribution in [3.05, 3.63) is 0 Å². The molecular weight excluding hydrogens is 180 g/mol. The van der Waals surface area contributed by atoms with Crippen molar-refractivity contribution in [2.24, 2.45) is 0 Å².